The predicted octanol–water partition coefficient (Wildman–Crippen LogP) is 3.76. The molecule has 0 saturated carbocycles. The Labute approximate surface area is 124 Å². The van der Waals surface area contributed by atoms with Gasteiger partial charge in [-0.05, 0) is 36.4 Å². The van der Waals surface area contributed by atoms with Crippen molar-refractivity contribution < 1.29 is 13.5 Å². The van der Waals surface area contributed by atoms with Gasteiger partial charge in [0.2, 0.25) is 0 Å². The number of ether oxygens (including phenoxy) is 1. The molecule has 108 valence electrons. The van der Waals surface area contributed by atoms with E-state index in [-0.39, 0.29) is 11.6 Å². The van der Waals surface area contributed by atoms with Crippen LogP contribution in [0.2, 0.25) is 0 Å². The lowest BCUT2D eigenvalue weighted by atomic mass is 10.3. The maximum absolute atomic E-state index is 12.2. The van der Waals surface area contributed by atoms with Gasteiger partial charge >= 0.3 is 6.61 Å². The van der Waals surface area contributed by atoms with Crippen molar-refractivity contribution >= 4 is 22.8 Å². The number of fused-ring (bicyclic) bond motifs is 1. The van der Waals surface area contributed by atoms with Crippen molar-refractivity contribution in [2.45, 2.75) is 12.5 Å². The molecule has 0 aliphatic carbocycles. The molecule has 0 radical (unpaired) electrons. The summed E-state index contributed by atoms with van der Waals surface area (Å²) in [6.45, 7) is -2.84. The second kappa shape index (κ2) is 5.65. The third-order valence-electron chi connectivity index (χ3n) is 2.93. The summed E-state index contributed by atoms with van der Waals surface area (Å²) in [5.41, 5.74) is 2.12. The fraction of sp³-hybridized carbons (Fsp3) is 0.143. The number of rotatable bonds is 4. The third-order valence-corrected chi connectivity index (χ3v) is 3.16. The molecule has 0 aliphatic heterocycles. The molecule has 0 bridgehead atoms. The van der Waals surface area contributed by atoms with Crippen LogP contribution in [-0.2, 0) is 5.88 Å². The molecule has 3 rings (SSSR count). The van der Waals surface area contributed by atoms with Gasteiger partial charge < -0.3 is 4.74 Å². The highest BCUT2D eigenvalue weighted by molar-refractivity contribution is 6.16. The van der Waals surface area contributed by atoms with Crippen molar-refractivity contribution in [2.24, 2.45) is 0 Å². The van der Waals surface area contributed by atoms with Gasteiger partial charge in [-0.3, -0.25) is 4.57 Å². The van der Waals surface area contributed by atoms with E-state index in [1.165, 1.54) is 12.1 Å². The smallest absolute Gasteiger partial charge is 0.387 e. The molecule has 0 saturated heterocycles. The van der Waals surface area contributed by atoms with Gasteiger partial charge in [-0.2, -0.15) is 8.78 Å². The second-order valence-electron chi connectivity index (χ2n) is 4.22. The number of hydrogen-bond acceptors (Lipinski definition) is 3. The first-order chi connectivity index (χ1) is 10.2. The Kier molecular flexibility index (Phi) is 3.70. The third kappa shape index (κ3) is 2.67. The maximum Gasteiger partial charge on any atom is 0.387 e. The summed E-state index contributed by atoms with van der Waals surface area (Å²) in [6.07, 6.45) is 1.66. The van der Waals surface area contributed by atoms with Gasteiger partial charge in [0.15, 0.2) is 5.65 Å². The first kappa shape index (κ1) is 13.8. The van der Waals surface area contributed by atoms with Gasteiger partial charge in [0, 0.05) is 11.9 Å². The van der Waals surface area contributed by atoms with E-state index in [0.717, 1.165) is 11.2 Å². The van der Waals surface area contributed by atoms with Crippen LogP contribution in [-0.4, -0.2) is 21.1 Å². The fourth-order valence-corrected chi connectivity index (χ4v) is 2.28. The zero-order valence-electron chi connectivity index (χ0n) is 10.7. The Morgan fingerprint density at radius 2 is 1.95 bits per heavy atom. The summed E-state index contributed by atoms with van der Waals surface area (Å²) in [5.74, 6) is 0.942. The van der Waals surface area contributed by atoms with Gasteiger partial charge in [0.05, 0.1) is 5.88 Å². The lowest BCUT2D eigenvalue weighted by Crippen LogP contribution is -2.03. The lowest BCUT2D eigenvalue weighted by molar-refractivity contribution is -0.0498. The van der Waals surface area contributed by atoms with Gasteiger partial charge in [-0.15, -0.1) is 11.6 Å². The molecule has 0 atom stereocenters. The lowest BCUT2D eigenvalue weighted by Gasteiger charge is -2.09. The number of imidazole rings is 1. The van der Waals surface area contributed by atoms with Crippen LogP contribution >= 0.6 is 11.6 Å². The number of alkyl halides is 3. The normalized spacial score (nSPS) is 11.2. The zero-order chi connectivity index (χ0) is 14.8. The molecule has 0 amide bonds. The van der Waals surface area contributed by atoms with Gasteiger partial charge in [0.25, 0.3) is 0 Å². The molecule has 1 aromatic carbocycles. The molecular weight excluding hydrogens is 300 g/mol. The Morgan fingerprint density at radius 3 is 2.62 bits per heavy atom. The molecule has 0 fully saturated rings. The molecule has 0 unspecified atom stereocenters. The SMILES string of the molecule is FC(F)Oc1ccc(-n2c(CCl)nc3cccnc32)cc1. The van der Waals surface area contributed by atoms with Crippen LogP contribution in [0.15, 0.2) is 42.6 Å². The van der Waals surface area contributed by atoms with Crippen LogP contribution in [0.4, 0.5) is 8.78 Å². The predicted molar refractivity (Wildman–Crippen MR) is 75.1 cm³/mol. The van der Waals surface area contributed by atoms with Crippen LogP contribution in [0.3, 0.4) is 0 Å². The van der Waals surface area contributed by atoms with Gasteiger partial charge in [-0.1, -0.05) is 0 Å². The maximum atomic E-state index is 12.2. The summed E-state index contributed by atoms with van der Waals surface area (Å²) in [5, 5.41) is 0. The van der Waals surface area contributed by atoms with E-state index in [4.69, 9.17) is 11.6 Å². The second-order valence-corrected chi connectivity index (χ2v) is 4.48. The highest BCUT2D eigenvalue weighted by Crippen LogP contribution is 2.23. The Balaban J connectivity index is 2.07. The molecule has 3 aromatic rings. The molecule has 0 aliphatic rings. The van der Waals surface area contributed by atoms with Crippen LogP contribution in [0.1, 0.15) is 5.82 Å². The minimum Gasteiger partial charge on any atom is -0.435 e. The summed E-state index contributed by atoms with van der Waals surface area (Å²) in [7, 11) is 0. The van der Waals surface area contributed by atoms with Crippen molar-refractivity contribution in [3.63, 3.8) is 0 Å². The van der Waals surface area contributed by atoms with E-state index in [0.29, 0.717) is 11.5 Å². The number of halogens is 3. The standard InChI is InChI=1S/C14H10ClF2N3O/c15-8-12-19-11-2-1-7-18-13(11)20(12)9-3-5-10(6-4-9)21-14(16)17/h1-7,14H,8H2. The largest absolute Gasteiger partial charge is 0.435 e. The van der Waals surface area contributed by atoms with Crippen LogP contribution in [0.5, 0.6) is 5.75 Å². The Bertz CT molecular complexity index is 759. The molecule has 0 N–H and O–H groups in total. The quantitative estimate of drug-likeness (QED) is 0.689. The van der Waals surface area contributed by atoms with E-state index >= 15 is 0 Å². The van der Waals surface area contributed by atoms with E-state index in [1.807, 2.05) is 6.07 Å². The molecule has 21 heavy (non-hydrogen) atoms. The topological polar surface area (TPSA) is 39.9 Å². The summed E-state index contributed by atoms with van der Waals surface area (Å²) in [6, 6.07) is 9.87. The number of aromatic nitrogens is 3. The van der Waals surface area contributed by atoms with Crippen molar-refractivity contribution in [3.8, 4) is 11.4 Å². The number of pyridine rings is 1. The van der Waals surface area contributed by atoms with E-state index in [2.05, 4.69) is 14.7 Å². The summed E-state index contributed by atoms with van der Waals surface area (Å²) >= 11 is 5.92. The highest BCUT2D eigenvalue weighted by atomic mass is 35.5. The first-order valence-corrected chi connectivity index (χ1v) is 6.66. The first-order valence-electron chi connectivity index (χ1n) is 6.12. The van der Waals surface area contributed by atoms with Gasteiger partial charge in [-0.25, -0.2) is 9.97 Å². The van der Waals surface area contributed by atoms with Crippen LogP contribution in [0.25, 0.3) is 16.9 Å². The molecule has 7 heteroatoms. The Morgan fingerprint density at radius 1 is 1.19 bits per heavy atom. The Hall–Kier alpha value is -2.21. The van der Waals surface area contributed by atoms with Crippen molar-refractivity contribution in [1.29, 1.82) is 0 Å². The minimum atomic E-state index is -2.84. The fourth-order valence-electron chi connectivity index (χ4n) is 2.10. The van der Waals surface area contributed by atoms with Crippen molar-refractivity contribution in [3.05, 3.63) is 48.4 Å². The zero-order valence-corrected chi connectivity index (χ0v) is 11.5. The number of benzene rings is 1. The highest BCUT2D eigenvalue weighted by Gasteiger charge is 2.13. The minimum absolute atomic E-state index is 0.0959. The van der Waals surface area contributed by atoms with Crippen LogP contribution in [0, 0.1) is 0 Å². The summed E-state index contributed by atoms with van der Waals surface area (Å²) in [4.78, 5) is 8.68. The van der Waals surface area contributed by atoms with Crippen molar-refractivity contribution in [2.75, 3.05) is 0 Å². The molecule has 2 heterocycles. The monoisotopic (exact) mass is 309 g/mol. The molecule has 0 spiro atoms. The van der Waals surface area contributed by atoms with Gasteiger partial charge in [0.1, 0.15) is 17.1 Å². The van der Waals surface area contributed by atoms with Crippen molar-refractivity contribution in [1.82, 2.24) is 14.5 Å². The molecular formula is C14H10ClF2N3O. The van der Waals surface area contributed by atoms with E-state index in [9.17, 15) is 8.78 Å². The average Bonchev–Trinajstić information content (AvgIpc) is 2.86. The summed E-state index contributed by atoms with van der Waals surface area (Å²) < 4.78 is 30.4. The van der Waals surface area contributed by atoms with E-state index < -0.39 is 6.61 Å². The molecule has 2 aromatic heterocycles. The molecule has 4 nitrogen and oxygen atoms in total. The van der Waals surface area contributed by atoms with Crippen LogP contribution < -0.4 is 4.74 Å². The number of nitrogens with zero attached hydrogens (tertiary/aromatic N) is 3. The van der Waals surface area contributed by atoms with E-state index in [1.54, 1.807) is 29.0 Å². The average molecular weight is 310 g/mol. The number of hydrogen-bond donors (Lipinski definition) is 0.